The molecule has 0 aromatic heterocycles. The van der Waals surface area contributed by atoms with Gasteiger partial charge in [0.15, 0.2) is 11.6 Å². The van der Waals surface area contributed by atoms with Crippen LogP contribution >= 0.6 is 0 Å². The molecule has 0 radical (unpaired) electrons. The molecule has 1 fully saturated rings. The zero-order valence-electron chi connectivity index (χ0n) is 11.7. The van der Waals surface area contributed by atoms with Crippen molar-refractivity contribution in [2.75, 3.05) is 19.4 Å². The Morgan fingerprint density at radius 3 is 2.55 bits per heavy atom. The first-order chi connectivity index (χ1) is 9.17. The highest BCUT2D eigenvalue weighted by Gasteiger charge is 2.45. The van der Waals surface area contributed by atoms with Gasteiger partial charge in [-0.15, -0.1) is 0 Å². The molecule has 112 valence electrons. The normalized spacial score (nSPS) is 20.7. The first kappa shape index (κ1) is 15.1. The first-order valence-corrected chi connectivity index (χ1v) is 7.78. The van der Waals surface area contributed by atoms with E-state index in [1.54, 1.807) is 0 Å². The summed E-state index contributed by atoms with van der Waals surface area (Å²) >= 11 is 0. The number of ether oxygens (including phenoxy) is 1. The number of halogens is 1. The minimum absolute atomic E-state index is 0.0420. The molecular weight excluding hydrogens is 283 g/mol. The molecule has 0 aliphatic heterocycles. The maximum Gasteiger partial charge on any atom is 0.240 e. The average molecular weight is 302 g/mol. The molecule has 1 aliphatic rings. The number of nitrogens with two attached hydrogens (primary N) is 1. The maximum absolute atomic E-state index is 13.7. The molecule has 20 heavy (non-hydrogen) atoms. The van der Waals surface area contributed by atoms with Crippen LogP contribution in [0.4, 0.5) is 10.1 Å². The van der Waals surface area contributed by atoms with Crippen molar-refractivity contribution < 1.29 is 17.5 Å². The van der Waals surface area contributed by atoms with E-state index in [0.717, 1.165) is 12.5 Å². The Hall–Kier alpha value is -1.34. The Kier molecular flexibility index (Phi) is 3.68. The predicted octanol–water partition coefficient (Wildman–Crippen LogP) is 1.74. The summed E-state index contributed by atoms with van der Waals surface area (Å²) in [5.41, 5.74) is 5.71. The number of rotatable bonds is 5. The summed E-state index contributed by atoms with van der Waals surface area (Å²) in [6.45, 7) is 4.51. The molecule has 1 aliphatic carbocycles. The molecule has 1 aromatic carbocycles. The predicted molar refractivity (Wildman–Crippen MR) is 74.4 cm³/mol. The highest BCUT2D eigenvalue weighted by Crippen LogP contribution is 2.51. The van der Waals surface area contributed by atoms with Gasteiger partial charge in [-0.3, -0.25) is 0 Å². The maximum atomic E-state index is 13.7. The molecule has 2 rings (SSSR count). The molecule has 3 N–H and O–H groups in total. The van der Waals surface area contributed by atoms with Crippen molar-refractivity contribution >= 4 is 15.7 Å². The summed E-state index contributed by atoms with van der Waals surface area (Å²) in [4.78, 5) is -0.188. The van der Waals surface area contributed by atoms with Crippen LogP contribution in [0.25, 0.3) is 0 Å². The Morgan fingerprint density at radius 2 is 2.10 bits per heavy atom. The number of nitrogens with one attached hydrogen (secondary N) is 1. The fourth-order valence-corrected chi connectivity index (χ4v) is 3.31. The van der Waals surface area contributed by atoms with Gasteiger partial charge in [0, 0.05) is 6.54 Å². The van der Waals surface area contributed by atoms with Crippen molar-refractivity contribution in [1.82, 2.24) is 4.72 Å². The van der Waals surface area contributed by atoms with E-state index in [1.807, 2.05) is 0 Å². The van der Waals surface area contributed by atoms with Crippen LogP contribution in [0.2, 0.25) is 0 Å². The second-order valence-corrected chi connectivity index (χ2v) is 7.54. The van der Waals surface area contributed by atoms with Gasteiger partial charge >= 0.3 is 0 Å². The van der Waals surface area contributed by atoms with Crippen molar-refractivity contribution in [2.24, 2.45) is 11.3 Å². The van der Waals surface area contributed by atoms with Crippen molar-refractivity contribution in [1.29, 1.82) is 0 Å². The first-order valence-electron chi connectivity index (χ1n) is 6.30. The van der Waals surface area contributed by atoms with Gasteiger partial charge in [-0.2, -0.15) is 0 Å². The minimum Gasteiger partial charge on any atom is -0.492 e. The molecular formula is C13H19FN2O3S. The quantitative estimate of drug-likeness (QED) is 0.812. The average Bonchev–Trinajstić information content (AvgIpc) is 2.94. The van der Waals surface area contributed by atoms with Gasteiger partial charge in [-0.05, 0) is 29.9 Å². The summed E-state index contributed by atoms with van der Waals surface area (Å²) < 4.78 is 45.1. The van der Waals surface area contributed by atoms with E-state index >= 15 is 0 Å². The standard InChI is InChI=1S/C13H19FN2O3S/c1-13(2)6-8(13)7-16-20(17,18)9-4-10(14)12(19-3)11(15)5-9/h4-5,8,16H,6-7,15H2,1-3H3. The molecule has 0 bridgehead atoms. The monoisotopic (exact) mass is 302 g/mol. The number of hydrogen-bond donors (Lipinski definition) is 2. The van der Waals surface area contributed by atoms with Gasteiger partial charge in [0.05, 0.1) is 17.7 Å². The lowest BCUT2D eigenvalue weighted by atomic mass is 10.1. The molecule has 0 saturated heterocycles. The third-order valence-electron chi connectivity index (χ3n) is 3.80. The van der Waals surface area contributed by atoms with Gasteiger partial charge < -0.3 is 10.5 Å². The molecule has 0 spiro atoms. The van der Waals surface area contributed by atoms with Crippen LogP contribution in [-0.2, 0) is 10.0 Å². The summed E-state index contributed by atoms with van der Waals surface area (Å²) in [6, 6.07) is 2.11. The second-order valence-electron chi connectivity index (χ2n) is 5.77. The van der Waals surface area contributed by atoms with E-state index in [0.29, 0.717) is 12.5 Å². The van der Waals surface area contributed by atoms with Crippen molar-refractivity contribution in [2.45, 2.75) is 25.2 Å². The SMILES string of the molecule is COc1c(N)cc(S(=O)(=O)NCC2CC2(C)C)cc1F. The van der Waals surface area contributed by atoms with Crippen LogP contribution < -0.4 is 15.2 Å². The zero-order chi connectivity index (χ0) is 15.1. The van der Waals surface area contributed by atoms with E-state index in [1.165, 1.54) is 13.2 Å². The van der Waals surface area contributed by atoms with Gasteiger partial charge in [0.1, 0.15) is 0 Å². The van der Waals surface area contributed by atoms with E-state index in [2.05, 4.69) is 18.6 Å². The summed E-state index contributed by atoms with van der Waals surface area (Å²) in [7, 11) is -2.49. The molecule has 0 amide bonds. The van der Waals surface area contributed by atoms with E-state index in [-0.39, 0.29) is 21.7 Å². The zero-order valence-corrected chi connectivity index (χ0v) is 12.6. The van der Waals surface area contributed by atoms with Gasteiger partial charge in [0.25, 0.3) is 0 Å². The lowest BCUT2D eigenvalue weighted by Crippen LogP contribution is -2.27. The van der Waals surface area contributed by atoms with Crippen molar-refractivity contribution in [3.05, 3.63) is 17.9 Å². The van der Waals surface area contributed by atoms with E-state index in [4.69, 9.17) is 10.5 Å². The Bertz CT molecular complexity index is 605. The highest BCUT2D eigenvalue weighted by molar-refractivity contribution is 7.89. The Balaban J connectivity index is 2.17. The largest absolute Gasteiger partial charge is 0.492 e. The number of methoxy groups -OCH3 is 1. The molecule has 1 saturated carbocycles. The molecule has 0 heterocycles. The number of benzene rings is 1. The lowest BCUT2D eigenvalue weighted by molar-refractivity contribution is 0.388. The van der Waals surface area contributed by atoms with Crippen molar-refractivity contribution in [3.8, 4) is 5.75 Å². The number of hydrogen-bond acceptors (Lipinski definition) is 4. The number of nitrogen functional groups attached to an aromatic ring is 1. The fraction of sp³-hybridized carbons (Fsp3) is 0.538. The molecule has 1 atom stereocenters. The van der Waals surface area contributed by atoms with E-state index in [9.17, 15) is 12.8 Å². The van der Waals surface area contributed by atoms with Crippen LogP contribution in [0.5, 0.6) is 5.75 Å². The van der Waals surface area contributed by atoms with Gasteiger partial charge in [0.2, 0.25) is 10.0 Å². The van der Waals surface area contributed by atoms with E-state index < -0.39 is 15.8 Å². The topological polar surface area (TPSA) is 81.4 Å². The minimum atomic E-state index is -3.76. The second kappa shape index (κ2) is 4.89. The molecule has 1 aromatic rings. The lowest BCUT2D eigenvalue weighted by Gasteiger charge is -2.11. The smallest absolute Gasteiger partial charge is 0.240 e. The van der Waals surface area contributed by atoms with Crippen molar-refractivity contribution in [3.63, 3.8) is 0 Å². The number of sulfonamides is 1. The fourth-order valence-electron chi connectivity index (χ4n) is 2.18. The summed E-state index contributed by atoms with van der Waals surface area (Å²) in [6.07, 6.45) is 0.981. The van der Waals surface area contributed by atoms with Gasteiger partial charge in [-0.1, -0.05) is 13.8 Å². The molecule has 7 heteroatoms. The van der Waals surface area contributed by atoms with Gasteiger partial charge in [-0.25, -0.2) is 17.5 Å². The number of anilines is 1. The van der Waals surface area contributed by atoms with Crippen LogP contribution in [0.15, 0.2) is 17.0 Å². The van der Waals surface area contributed by atoms with Crippen LogP contribution in [0.1, 0.15) is 20.3 Å². The Morgan fingerprint density at radius 1 is 1.50 bits per heavy atom. The summed E-state index contributed by atoms with van der Waals surface area (Å²) in [5, 5.41) is 0. The van der Waals surface area contributed by atoms with Crippen LogP contribution in [-0.4, -0.2) is 22.1 Å². The summed E-state index contributed by atoms with van der Waals surface area (Å²) in [5.74, 6) is -0.621. The van der Waals surface area contributed by atoms with Crippen LogP contribution in [0, 0.1) is 17.2 Å². The third kappa shape index (κ3) is 2.88. The third-order valence-corrected chi connectivity index (χ3v) is 5.20. The molecule has 5 nitrogen and oxygen atoms in total. The van der Waals surface area contributed by atoms with Crippen LogP contribution in [0.3, 0.4) is 0 Å². The molecule has 1 unspecified atom stereocenters. The Labute approximate surface area is 118 Å². The highest BCUT2D eigenvalue weighted by atomic mass is 32.2.